The number of primary sulfonamides is 1. The minimum atomic E-state index is -3.70. The molecule has 1 aromatic heterocycles. The molecule has 3 aromatic rings. The highest BCUT2D eigenvalue weighted by molar-refractivity contribution is 14.0. The van der Waals surface area contributed by atoms with Crippen LogP contribution in [0.1, 0.15) is 23.5 Å². The number of rotatable bonds is 7. The predicted molar refractivity (Wildman–Crippen MR) is 133 cm³/mol. The van der Waals surface area contributed by atoms with Crippen LogP contribution in [-0.2, 0) is 16.6 Å². The molecule has 5 N–H and O–H groups in total. The lowest BCUT2D eigenvalue weighted by atomic mass is 10.2. The minimum Gasteiger partial charge on any atom is -0.386 e. The highest BCUT2D eigenvalue weighted by Gasteiger charge is 2.12. The maximum absolute atomic E-state index is 11.3. The molecule has 0 saturated heterocycles. The van der Waals surface area contributed by atoms with E-state index >= 15 is 0 Å². The number of nitrogens with zero attached hydrogens (tertiary/aromatic N) is 1. The van der Waals surface area contributed by atoms with Crippen LogP contribution in [0.15, 0.2) is 64.5 Å². The van der Waals surface area contributed by atoms with Crippen LogP contribution >= 0.6 is 35.3 Å². The van der Waals surface area contributed by atoms with Gasteiger partial charge in [-0.2, -0.15) is 0 Å². The molecule has 10 heteroatoms. The largest absolute Gasteiger partial charge is 0.386 e. The molecule has 162 valence electrons. The molecule has 2 aromatic carbocycles. The van der Waals surface area contributed by atoms with Gasteiger partial charge in [-0.05, 0) is 42.1 Å². The van der Waals surface area contributed by atoms with Crippen molar-refractivity contribution >= 4 is 61.4 Å². The third kappa shape index (κ3) is 6.64. The fourth-order valence-electron chi connectivity index (χ4n) is 2.76. The van der Waals surface area contributed by atoms with Gasteiger partial charge in [0.1, 0.15) is 6.10 Å². The molecule has 1 unspecified atom stereocenters. The summed E-state index contributed by atoms with van der Waals surface area (Å²) in [7, 11) is -3.70. The van der Waals surface area contributed by atoms with Crippen molar-refractivity contribution in [2.45, 2.75) is 24.5 Å². The standard InChI is InChI=1S/C20H24N4O3S2.HI/c1-2-22-20(23-12-14-7-9-16(10-8-14)29(21,26)27)24-13-17(25)19-11-15-5-3-4-6-18(15)28-19;/h3-11,17,25H,2,12-13H2,1H3,(H2,21,26,27)(H2,22,23,24);1H. The molecule has 0 amide bonds. The molecule has 3 rings (SSSR count). The number of guanidine groups is 1. The third-order valence-electron chi connectivity index (χ3n) is 4.25. The fourth-order valence-corrected chi connectivity index (χ4v) is 4.32. The Morgan fingerprint density at radius 3 is 2.50 bits per heavy atom. The van der Waals surface area contributed by atoms with E-state index in [0.29, 0.717) is 25.6 Å². The number of hydrogen-bond donors (Lipinski definition) is 4. The van der Waals surface area contributed by atoms with Crippen molar-refractivity contribution < 1.29 is 13.5 Å². The highest BCUT2D eigenvalue weighted by Crippen LogP contribution is 2.29. The van der Waals surface area contributed by atoms with Crippen molar-refractivity contribution in [1.29, 1.82) is 0 Å². The van der Waals surface area contributed by atoms with Gasteiger partial charge in [0, 0.05) is 22.7 Å². The van der Waals surface area contributed by atoms with E-state index in [1.54, 1.807) is 23.5 Å². The van der Waals surface area contributed by atoms with Crippen LogP contribution < -0.4 is 15.8 Å². The van der Waals surface area contributed by atoms with Gasteiger partial charge < -0.3 is 15.7 Å². The first-order chi connectivity index (χ1) is 13.9. The number of fused-ring (bicyclic) bond motifs is 1. The van der Waals surface area contributed by atoms with Gasteiger partial charge >= 0.3 is 0 Å². The van der Waals surface area contributed by atoms with E-state index in [0.717, 1.165) is 20.5 Å². The quantitative estimate of drug-likeness (QED) is 0.202. The van der Waals surface area contributed by atoms with Crippen molar-refractivity contribution in [1.82, 2.24) is 10.6 Å². The smallest absolute Gasteiger partial charge is 0.238 e. The van der Waals surface area contributed by atoms with Crippen LogP contribution in [-0.4, -0.2) is 32.6 Å². The van der Waals surface area contributed by atoms with Crippen LogP contribution in [0.5, 0.6) is 0 Å². The summed E-state index contributed by atoms with van der Waals surface area (Å²) in [5.74, 6) is 0.572. The molecule has 0 saturated carbocycles. The first-order valence-electron chi connectivity index (χ1n) is 9.17. The van der Waals surface area contributed by atoms with Crippen LogP contribution in [0.2, 0.25) is 0 Å². The average molecular weight is 560 g/mol. The van der Waals surface area contributed by atoms with Crippen LogP contribution in [0.25, 0.3) is 10.1 Å². The van der Waals surface area contributed by atoms with Crippen LogP contribution in [0.3, 0.4) is 0 Å². The number of sulfonamides is 1. The number of nitrogens with one attached hydrogen (secondary N) is 2. The Bertz CT molecular complexity index is 1070. The number of aliphatic hydroxyl groups excluding tert-OH is 1. The third-order valence-corrected chi connectivity index (χ3v) is 6.40. The SMILES string of the molecule is CCNC(=NCc1ccc(S(N)(=O)=O)cc1)NCC(O)c1cc2ccccc2s1.I. The molecule has 30 heavy (non-hydrogen) atoms. The van der Waals surface area contributed by atoms with Gasteiger partial charge in [0.2, 0.25) is 10.0 Å². The van der Waals surface area contributed by atoms with E-state index in [2.05, 4.69) is 15.6 Å². The van der Waals surface area contributed by atoms with E-state index in [9.17, 15) is 13.5 Å². The molecule has 1 atom stereocenters. The summed E-state index contributed by atoms with van der Waals surface area (Å²) in [5, 5.41) is 23.0. The normalized spacial score (nSPS) is 13.0. The lowest BCUT2D eigenvalue weighted by Gasteiger charge is -2.14. The number of aliphatic imine (C=N–C) groups is 1. The van der Waals surface area contributed by atoms with Crippen LogP contribution in [0, 0.1) is 0 Å². The zero-order chi connectivity index (χ0) is 20.9. The van der Waals surface area contributed by atoms with Gasteiger partial charge in [0.05, 0.1) is 11.4 Å². The van der Waals surface area contributed by atoms with E-state index in [1.165, 1.54) is 12.1 Å². The molecule has 0 radical (unpaired) electrons. The topological polar surface area (TPSA) is 117 Å². The van der Waals surface area contributed by atoms with Gasteiger partial charge in [0.15, 0.2) is 5.96 Å². The second kappa shape index (κ2) is 11.0. The first-order valence-corrected chi connectivity index (χ1v) is 11.5. The maximum Gasteiger partial charge on any atom is 0.238 e. The summed E-state index contributed by atoms with van der Waals surface area (Å²) in [4.78, 5) is 5.46. The summed E-state index contributed by atoms with van der Waals surface area (Å²) in [6, 6.07) is 16.3. The Kier molecular flexibility index (Phi) is 9.04. The number of thiophene rings is 1. The van der Waals surface area contributed by atoms with Crippen molar-refractivity contribution in [2.24, 2.45) is 10.1 Å². The van der Waals surface area contributed by atoms with Crippen molar-refractivity contribution in [2.75, 3.05) is 13.1 Å². The number of halogens is 1. The summed E-state index contributed by atoms with van der Waals surface area (Å²) in [6.45, 7) is 3.32. The number of nitrogens with two attached hydrogens (primary N) is 1. The van der Waals surface area contributed by atoms with Gasteiger partial charge in [-0.1, -0.05) is 30.3 Å². The maximum atomic E-state index is 11.3. The Balaban J connectivity index is 0.00000320. The van der Waals surface area contributed by atoms with Crippen LogP contribution in [0.4, 0.5) is 0 Å². The Morgan fingerprint density at radius 1 is 1.17 bits per heavy atom. The molecule has 0 aliphatic heterocycles. The molecule has 0 aliphatic rings. The summed E-state index contributed by atoms with van der Waals surface area (Å²) in [5.41, 5.74) is 0.847. The van der Waals surface area contributed by atoms with E-state index in [1.807, 2.05) is 37.3 Å². The number of benzene rings is 2. The van der Waals surface area contributed by atoms with E-state index < -0.39 is 16.1 Å². The molecule has 0 spiro atoms. The Hall–Kier alpha value is -1.73. The molecular formula is C20H25IN4O3S2. The second-order valence-corrected chi connectivity index (χ2v) is 9.14. The molecule has 0 bridgehead atoms. The van der Waals surface area contributed by atoms with Crippen molar-refractivity contribution in [3.05, 3.63) is 65.0 Å². The fraction of sp³-hybridized carbons (Fsp3) is 0.250. The van der Waals surface area contributed by atoms with Gasteiger partial charge in [-0.15, -0.1) is 35.3 Å². The monoisotopic (exact) mass is 560 g/mol. The zero-order valence-electron chi connectivity index (χ0n) is 16.4. The van der Waals surface area contributed by atoms with E-state index in [4.69, 9.17) is 5.14 Å². The molecule has 0 aliphatic carbocycles. The molecular weight excluding hydrogens is 535 g/mol. The lowest BCUT2D eigenvalue weighted by molar-refractivity contribution is 0.184. The minimum absolute atomic E-state index is 0. The Labute approximate surface area is 197 Å². The Morgan fingerprint density at radius 2 is 1.87 bits per heavy atom. The van der Waals surface area contributed by atoms with Crippen molar-refractivity contribution in [3.63, 3.8) is 0 Å². The molecule has 7 nitrogen and oxygen atoms in total. The first kappa shape index (κ1) is 24.5. The summed E-state index contributed by atoms with van der Waals surface area (Å²) < 4.78 is 23.8. The van der Waals surface area contributed by atoms with Gasteiger partial charge in [-0.3, -0.25) is 0 Å². The summed E-state index contributed by atoms with van der Waals surface area (Å²) in [6.07, 6.45) is -0.648. The summed E-state index contributed by atoms with van der Waals surface area (Å²) >= 11 is 1.57. The second-order valence-electron chi connectivity index (χ2n) is 6.47. The zero-order valence-corrected chi connectivity index (χ0v) is 20.4. The van der Waals surface area contributed by atoms with E-state index in [-0.39, 0.29) is 28.9 Å². The van der Waals surface area contributed by atoms with Gasteiger partial charge in [0.25, 0.3) is 0 Å². The highest BCUT2D eigenvalue weighted by atomic mass is 127. The lowest BCUT2D eigenvalue weighted by Crippen LogP contribution is -2.39. The predicted octanol–water partition coefficient (Wildman–Crippen LogP) is 2.96. The number of aliphatic hydroxyl groups is 1. The average Bonchev–Trinajstić information content (AvgIpc) is 3.14. The van der Waals surface area contributed by atoms with Crippen molar-refractivity contribution in [3.8, 4) is 0 Å². The number of hydrogen-bond acceptors (Lipinski definition) is 5. The molecule has 1 heterocycles. The molecule has 0 fully saturated rings. The van der Waals surface area contributed by atoms with Gasteiger partial charge in [-0.25, -0.2) is 18.5 Å².